The molecule has 1 rings (SSSR count). The monoisotopic (exact) mass is 1200 g/mol. The number of hydrogen-bond donors (Lipinski definition) is 6. The van der Waals surface area contributed by atoms with Gasteiger partial charge in [-0.05, 0) is 51.4 Å². The van der Waals surface area contributed by atoms with E-state index in [4.69, 9.17) is 14.2 Å². The van der Waals surface area contributed by atoms with Gasteiger partial charge in [-0.25, -0.2) is 0 Å². The van der Waals surface area contributed by atoms with Crippen LogP contribution in [-0.2, 0) is 23.8 Å². The number of carbonyl (C=O) groups is 2. The summed E-state index contributed by atoms with van der Waals surface area (Å²) in [7, 11) is 0. The van der Waals surface area contributed by atoms with Crippen molar-refractivity contribution in [3.8, 4) is 0 Å². The highest BCUT2D eigenvalue weighted by molar-refractivity contribution is 5.80. The van der Waals surface area contributed by atoms with Crippen LogP contribution in [0.5, 0.6) is 0 Å². The summed E-state index contributed by atoms with van der Waals surface area (Å²) in [5.74, 6) is -1.17. The average molecular weight is 1200 g/mol. The Balaban J connectivity index is 2.52. The molecule has 0 spiro atoms. The molecule has 0 aliphatic carbocycles. The zero-order chi connectivity index (χ0) is 61.7. The lowest BCUT2D eigenvalue weighted by Gasteiger charge is -2.41. The summed E-state index contributed by atoms with van der Waals surface area (Å²) >= 11 is 0. The van der Waals surface area contributed by atoms with Crippen LogP contribution in [0.4, 0.5) is 0 Å². The highest BCUT2D eigenvalue weighted by atomic mass is 16.7. The fraction of sp³-hybridized carbons (Fsp3) is 0.919. The molecule has 1 fully saturated rings. The molecule has 0 aromatic carbocycles. The van der Waals surface area contributed by atoms with Crippen LogP contribution in [-0.4, -0.2) is 99.6 Å². The first-order valence-corrected chi connectivity index (χ1v) is 37.1. The number of aliphatic hydroxyl groups excluding tert-OH is 5. The number of carbonyl (C=O) groups excluding carboxylic acids is 2. The van der Waals surface area contributed by atoms with Gasteiger partial charge in [0.05, 0.1) is 25.4 Å². The number of esters is 1. The average Bonchev–Trinajstić information content (AvgIpc) is 2.90. The van der Waals surface area contributed by atoms with Gasteiger partial charge in [0, 0.05) is 6.42 Å². The third-order valence-electron chi connectivity index (χ3n) is 17.9. The van der Waals surface area contributed by atoms with Gasteiger partial charge in [-0.15, -0.1) is 0 Å². The second-order valence-corrected chi connectivity index (χ2v) is 26.0. The molecule has 0 saturated carbocycles. The van der Waals surface area contributed by atoms with Crippen molar-refractivity contribution >= 4 is 11.9 Å². The number of amides is 1. The fourth-order valence-corrected chi connectivity index (χ4v) is 12.0. The van der Waals surface area contributed by atoms with Gasteiger partial charge >= 0.3 is 5.97 Å². The van der Waals surface area contributed by atoms with Crippen LogP contribution in [0.1, 0.15) is 374 Å². The van der Waals surface area contributed by atoms with Crippen molar-refractivity contribution in [2.24, 2.45) is 0 Å². The molecule has 0 aromatic rings. The zero-order valence-electron chi connectivity index (χ0n) is 56.0. The van der Waals surface area contributed by atoms with Gasteiger partial charge in [0.1, 0.15) is 24.4 Å². The Morgan fingerprint density at radius 3 is 1.14 bits per heavy atom. The van der Waals surface area contributed by atoms with E-state index in [1.165, 1.54) is 270 Å². The minimum atomic E-state index is -1.61. The Hall–Kier alpha value is -1.86. The largest absolute Gasteiger partial charge is 0.454 e. The van der Waals surface area contributed by atoms with E-state index in [1.54, 1.807) is 6.08 Å². The van der Waals surface area contributed by atoms with E-state index in [0.29, 0.717) is 19.3 Å². The number of aliphatic hydroxyl groups is 5. The molecule has 8 atom stereocenters. The van der Waals surface area contributed by atoms with E-state index >= 15 is 0 Å². The lowest BCUT2D eigenvalue weighted by molar-refractivity contribution is -0.305. The van der Waals surface area contributed by atoms with Crippen molar-refractivity contribution in [2.45, 2.75) is 423 Å². The van der Waals surface area contributed by atoms with Crippen molar-refractivity contribution in [1.82, 2.24) is 5.32 Å². The molecule has 6 N–H and O–H groups in total. The van der Waals surface area contributed by atoms with Gasteiger partial charge < -0.3 is 45.1 Å². The number of hydrogen-bond acceptors (Lipinski definition) is 10. The second kappa shape index (κ2) is 62.3. The summed E-state index contributed by atoms with van der Waals surface area (Å²) in [6, 6.07) is -1.02. The number of rotatable bonds is 65. The summed E-state index contributed by atoms with van der Waals surface area (Å²) < 4.78 is 17.7. The van der Waals surface area contributed by atoms with Gasteiger partial charge in [-0.3, -0.25) is 9.59 Å². The van der Waals surface area contributed by atoms with Crippen LogP contribution in [0.3, 0.4) is 0 Å². The molecule has 0 radical (unpaired) electrons. The van der Waals surface area contributed by atoms with E-state index < -0.39 is 67.4 Å². The summed E-state index contributed by atoms with van der Waals surface area (Å²) in [5.41, 5.74) is 0. The normalized spacial score (nSPS) is 18.4. The third kappa shape index (κ3) is 49.6. The molecule has 0 aromatic heterocycles. The summed E-state index contributed by atoms with van der Waals surface area (Å²) in [5, 5.41) is 57.3. The minimum absolute atomic E-state index is 0.129. The topological polar surface area (TPSA) is 175 Å². The first-order valence-electron chi connectivity index (χ1n) is 37.1. The molecule has 8 unspecified atom stereocenters. The Morgan fingerprint density at radius 2 is 0.776 bits per heavy atom. The highest BCUT2D eigenvalue weighted by Gasteiger charge is 2.47. The van der Waals surface area contributed by atoms with Crippen LogP contribution >= 0.6 is 0 Å². The molecule has 0 bridgehead atoms. The summed E-state index contributed by atoms with van der Waals surface area (Å²) in [4.78, 5) is 26.7. The highest BCUT2D eigenvalue weighted by Crippen LogP contribution is 2.27. The van der Waals surface area contributed by atoms with Crippen molar-refractivity contribution in [1.29, 1.82) is 0 Å². The number of nitrogens with one attached hydrogen (secondary N) is 1. The zero-order valence-corrected chi connectivity index (χ0v) is 56.0. The smallest absolute Gasteiger partial charge is 0.306 e. The predicted molar refractivity (Wildman–Crippen MR) is 357 cm³/mol. The van der Waals surface area contributed by atoms with E-state index in [1.807, 2.05) is 6.08 Å². The van der Waals surface area contributed by atoms with Crippen LogP contribution in [0.2, 0.25) is 0 Å². The van der Waals surface area contributed by atoms with Gasteiger partial charge in [-0.2, -0.15) is 0 Å². The first kappa shape index (κ1) is 81.2. The molecule has 1 aliphatic heterocycles. The maximum atomic E-state index is 13.5. The Morgan fingerprint density at radius 1 is 0.447 bits per heavy atom. The van der Waals surface area contributed by atoms with Crippen LogP contribution in [0.25, 0.3) is 0 Å². The van der Waals surface area contributed by atoms with Gasteiger partial charge in [0.25, 0.3) is 0 Å². The summed E-state index contributed by atoms with van der Waals surface area (Å²) in [6.45, 7) is 5.85. The van der Waals surface area contributed by atoms with Crippen molar-refractivity contribution in [3.63, 3.8) is 0 Å². The van der Waals surface area contributed by atoms with Crippen LogP contribution in [0.15, 0.2) is 24.3 Å². The van der Waals surface area contributed by atoms with Crippen molar-refractivity contribution in [3.05, 3.63) is 24.3 Å². The molecule has 1 amide bonds. The van der Waals surface area contributed by atoms with Gasteiger partial charge in [-0.1, -0.05) is 340 Å². The summed E-state index contributed by atoms with van der Waals surface area (Å²) in [6.07, 6.45) is 65.2. The lowest BCUT2D eigenvalue weighted by Crippen LogP contribution is -2.61. The molecule has 85 heavy (non-hydrogen) atoms. The molecular formula is C74H141NO10. The molecule has 1 saturated heterocycles. The molecule has 1 aliphatic rings. The minimum Gasteiger partial charge on any atom is -0.454 e. The molecule has 11 heteroatoms. The number of unbranched alkanes of at least 4 members (excludes halogenated alkanes) is 49. The standard InChI is InChI=1S/C74H141NO10/c1-4-7-10-13-16-19-22-24-26-28-30-32-34-36-38-40-42-44-47-50-53-56-59-62-69(79)85-72-71(81)70(80)68(63-76)84-74(72)83-64-65(66(77)60-57-54-51-48-45-21-18-15-12-9-6-3)75-73(82)67(78)61-58-55-52-49-46-43-41-39-37-35-33-31-29-27-25-23-20-17-14-11-8-5-2/h24,26,57,60,65-68,70-72,74,76-78,80-81H,4-23,25,27-56,58-59,61-64H2,1-3H3,(H,75,82)/b26-24+,60-57+. The van der Waals surface area contributed by atoms with Crippen LogP contribution < -0.4 is 5.32 Å². The Kier molecular flexibility index (Phi) is 59.5. The molecule has 1 heterocycles. The number of allylic oxidation sites excluding steroid dienone is 3. The predicted octanol–water partition coefficient (Wildman–Crippen LogP) is 19.2. The fourth-order valence-electron chi connectivity index (χ4n) is 12.0. The SMILES string of the molecule is CCCCCCCC/C=C/CCCCCCCCCCCCCCCC(=O)OC1C(OCC(NC(=O)C(O)CCCCCCCCCCCCCCCCCCCCCCCC)C(O)/C=C/CCCCCCCCCCC)OC(CO)C(O)C1O. The van der Waals surface area contributed by atoms with E-state index in [9.17, 15) is 35.1 Å². The first-order chi connectivity index (χ1) is 41.7. The molecule has 502 valence electrons. The lowest BCUT2D eigenvalue weighted by atomic mass is 9.99. The number of ether oxygens (including phenoxy) is 3. The van der Waals surface area contributed by atoms with E-state index in [2.05, 4.69) is 38.2 Å². The second-order valence-electron chi connectivity index (χ2n) is 26.0. The quantitative estimate of drug-likeness (QED) is 0.0195. The maximum absolute atomic E-state index is 13.5. The molecule has 11 nitrogen and oxygen atoms in total. The van der Waals surface area contributed by atoms with E-state index in [0.717, 1.165) is 57.8 Å². The van der Waals surface area contributed by atoms with Gasteiger partial charge in [0.2, 0.25) is 5.91 Å². The van der Waals surface area contributed by atoms with Gasteiger partial charge in [0.15, 0.2) is 12.4 Å². The third-order valence-corrected chi connectivity index (χ3v) is 17.9. The Labute approximate surface area is 524 Å². The Bertz CT molecular complexity index is 1480. The molecular weight excluding hydrogens is 1060 g/mol. The van der Waals surface area contributed by atoms with Crippen molar-refractivity contribution < 1.29 is 49.3 Å². The van der Waals surface area contributed by atoms with Crippen LogP contribution in [0, 0.1) is 0 Å². The van der Waals surface area contributed by atoms with E-state index in [-0.39, 0.29) is 13.0 Å². The van der Waals surface area contributed by atoms with Crippen molar-refractivity contribution in [2.75, 3.05) is 13.2 Å². The maximum Gasteiger partial charge on any atom is 0.306 e.